The Morgan fingerprint density at radius 3 is 2.55 bits per heavy atom. The molecule has 0 aliphatic heterocycles. The SMILES string of the molecule is CCNC(C)c1nnc(NC(C)c2sc(C)nc2C)o1. The first-order chi connectivity index (χ1) is 9.51. The van der Waals surface area contributed by atoms with Crippen LogP contribution < -0.4 is 10.6 Å². The van der Waals surface area contributed by atoms with Crippen LogP contribution in [-0.2, 0) is 0 Å². The van der Waals surface area contributed by atoms with Crippen molar-refractivity contribution in [3.63, 3.8) is 0 Å². The fourth-order valence-corrected chi connectivity index (χ4v) is 2.99. The molecule has 0 radical (unpaired) electrons. The predicted octanol–water partition coefficient (Wildman–Crippen LogP) is 2.99. The van der Waals surface area contributed by atoms with E-state index in [4.69, 9.17) is 4.42 Å². The lowest BCUT2D eigenvalue weighted by molar-refractivity contribution is 0.427. The zero-order valence-electron chi connectivity index (χ0n) is 12.5. The second-order valence-corrected chi connectivity index (χ2v) is 6.01. The van der Waals surface area contributed by atoms with Crippen molar-refractivity contribution in [2.75, 3.05) is 11.9 Å². The van der Waals surface area contributed by atoms with E-state index in [0.29, 0.717) is 11.9 Å². The standard InChI is InChI=1S/C13H21N5OS/c1-6-14-9(4)12-17-18-13(19-12)16-8(3)11-7(2)15-10(5)20-11/h8-9,14H,6H2,1-5H3,(H,16,18). The summed E-state index contributed by atoms with van der Waals surface area (Å²) >= 11 is 1.69. The summed E-state index contributed by atoms with van der Waals surface area (Å²) in [5.41, 5.74) is 1.05. The molecule has 110 valence electrons. The third-order valence-electron chi connectivity index (χ3n) is 2.99. The van der Waals surface area contributed by atoms with E-state index in [-0.39, 0.29) is 12.1 Å². The Hall–Kier alpha value is -1.47. The van der Waals surface area contributed by atoms with Gasteiger partial charge in [-0.15, -0.1) is 16.4 Å². The topological polar surface area (TPSA) is 75.9 Å². The van der Waals surface area contributed by atoms with Crippen molar-refractivity contribution in [2.45, 2.75) is 46.7 Å². The van der Waals surface area contributed by atoms with Crippen molar-refractivity contribution in [2.24, 2.45) is 0 Å². The molecule has 0 aliphatic carbocycles. The zero-order chi connectivity index (χ0) is 14.7. The molecule has 20 heavy (non-hydrogen) atoms. The normalized spacial score (nSPS) is 14.2. The highest BCUT2D eigenvalue weighted by Gasteiger charge is 2.17. The van der Waals surface area contributed by atoms with Crippen molar-refractivity contribution < 1.29 is 4.42 Å². The van der Waals surface area contributed by atoms with Crippen LogP contribution >= 0.6 is 11.3 Å². The molecule has 0 amide bonds. The van der Waals surface area contributed by atoms with Crippen molar-refractivity contribution in [1.29, 1.82) is 0 Å². The van der Waals surface area contributed by atoms with Crippen LogP contribution in [0.5, 0.6) is 0 Å². The number of rotatable bonds is 6. The second-order valence-electron chi connectivity index (χ2n) is 4.77. The molecule has 2 aromatic rings. The fraction of sp³-hybridized carbons (Fsp3) is 0.615. The molecule has 0 bridgehead atoms. The van der Waals surface area contributed by atoms with Gasteiger partial charge >= 0.3 is 6.01 Å². The molecule has 0 saturated carbocycles. The summed E-state index contributed by atoms with van der Waals surface area (Å²) in [6.07, 6.45) is 0. The number of hydrogen-bond donors (Lipinski definition) is 2. The minimum atomic E-state index is 0.0609. The third-order valence-corrected chi connectivity index (χ3v) is 4.25. The van der Waals surface area contributed by atoms with Gasteiger partial charge in [-0.25, -0.2) is 4.98 Å². The van der Waals surface area contributed by atoms with E-state index in [1.165, 1.54) is 4.88 Å². The number of nitrogens with one attached hydrogen (secondary N) is 2. The Kier molecular flexibility index (Phi) is 4.72. The molecule has 0 aromatic carbocycles. The Balaban J connectivity index is 2.05. The Bertz CT molecular complexity index is 565. The molecule has 7 heteroatoms. The van der Waals surface area contributed by atoms with E-state index in [0.717, 1.165) is 17.2 Å². The highest BCUT2D eigenvalue weighted by molar-refractivity contribution is 7.11. The average molecular weight is 295 g/mol. The van der Waals surface area contributed by atoms with Gasteiger partial charge in [0.2, 0.25) is 5.89 Å². The average Bonchev–Trinajstić information content (AvgIpc) is 2.96. The lowest BCUT2D eigenvalue weighted by Crippen LogP contribution is -2.17. The molecule has 6 nitrogen and oxygen atoms in total. The molecule has 0 fully saturated rings. The summed E-state index contributed by atoms with van der Waals surface area (Å²) in [6.45, 7) is 11.0. The van der Waals surface area contributed by atoms with Gasteiger partial charge in [-0.2, -0.15) is 0 Å². The fourth-order valence-electron chi connectivity index (χ4n) is 2.06. The van der Waals surface area contributed by atoms with Crippen LogP contribution in [0, 0.1) is 13.8 Å². The Morgan fingerprint density at radius 1 is 1.20 bits per heavy atom. The molecule has 2 unspecified atom stereocenters. The largest absolute Gasteiger partial charge is 0.406 e. The van der Waals surface area contributed by atoms with Gasteiger partial charge in [0, 0.05) is 4.88 Å². The second kappa shape index (κ2) is 6.32. The lowest BCUT2D eigenvalue weighted by Gasteiger charge is -2.10. The van der Waals surface area contributed by atoms with Crippen LogP contribution in [0.15, 0.2) is 4.42 Å². The molecule has 0 saturated heterocycles. The Labute approximate surface area is 123 Å². The molecule has 0 aliphatic rings. The van der Waals surface area contributed by atoms with Crippen LogP contribution in [0.4, 0.5) is 6.01 Å². The molecule has 2 atom stereocenters. The van der Waals surface area contributed by atoms with Gasteiger partial charge in [0.25, 0.3) is 0 Å². The molecule has 0 spiro atoms. The van der Waals surface area contributed by atoms with Crippen LogP contribution in [0.2, 0.25) is 0 Å². The van der Waals surface area contributed by atoms with Crippen molar-refractivity contribution >= 4 is 17.4 Å². The zero-order valence-corrected chi connectivity index (χ0v) is 13.3. The van der Waals surface area contributed by atoms with E-state index in [9.17, 15) is 0 Å². The van der Waals surface area contributed by atoms with E-state index in [1.807, 2.05) is 27.7 Å². The number of thiazole rings is 1. The molecular weight excluding hydrogens is 274 g/mol. The maximum atomic E-state index is 5.63. The molecular formula is C13H21N5OS. The van der Waals surface area contributed by atoms with Gasteiger partial charge in [0.05, 0.1) is 22.8 Å². The van der Waals surface area contributed by atoms with Crippen molar-refractivity contribution in [3.05, 3.63) is 21.5 Å². The van der Waals surface area contributed by atoms with Crippen LogP contribution in [0.3, 0.4) is 0 Å². The van der Waals surface area contributed by atoms with Gasteiger partial charge in [-0.3, -0.25) is 0 Å². The quantitative estimate of drug-likeness (QED) is 0.853. The lowest BCUT2D eigenvalue weighted by atomic mass is 10.2. The summed E-state index contributed by atoms with van der Waals surface area (Å²) in [7, 11) is 0. The number of hydrogen-bond acceptors (Lipinski definition) is 7. The number of nitrogens with zero attached hydrogens (tertiary/aromatic N) is 3. The highest BCUT2D eigenvalue weighted by Crippen LogP contribution is 2.27. The van der Waals surface area contributed by atoms with Crippen LogP contribution in [0.25, 0.3) is 0 Å². The number of aryl methyl sites for hydroxylation is 2. The van der Waals surface area contributed by atoms with E-state index < -0.39 is 0 Å². The molecule has 2 rings (SSSR count). The molecule has 2 heterocycles. The summed E-state index contributed by atoms with van der Waals surface area (Å²) in [4.78, 5) is 5.63. The van der Waals surface area contributed by atoms with Gasteiger partial charge in [-0.05, 0) is 34.2 Å². The minimum Gasteiger partial charge on any atom is -0.406 e. The highest BCUT2D eigenvalue weighted by atomic mass is 32.1. The monoisotopic (exact) mass is 295 g/mol. The van der Waals surface area contributed by atoms with Crippen molar-refractivity contribution in [3.8, 4) is 0 Å². The third kappa shape index (κ3) is 3.34. The molecule has 2 aromatic heterocycles. The van der Waals surface area contributed by atoms with Gasteiger partial charge < -0.3 is 15.1 Å². The first kappa shape index (κ1) is 14.9. The van der Waals surface area contributed by atoms with E-state index in [2.05, 4.69) is 32.7 Å². The van der Waals surface area contributed by atoms with Gasteiger partial charge in [0.1, 0.15) is 0 Å². The first-order valence-electron chi connectivity index (χ1n) is 6.78. The van der Waals surface area contributed by atoms with Gasteiger partial charge in [0.15, 0.2) is 0 Å². The number of aromatic nitrogens is 3. The van der Waals surface area contributed by atoms with Crippen molar-refractivity contribution in [1.82, 2.24) is 20.5 Å². The van der Waals surface area contributed by atoms with Gasteiger partial charge in [-0.1, -0.05) is 12.0 Å². The first-order valence-corrected chi connectivity index (χ1v) is 7.60. The molecule has 2 N–H and O–H groups in total. The minimum absolute atomic E-state index is 0.0609. The predicted molar refractivity (Wildman–Crippen MR) is 80.0 cm³/mol. The summed E-state index contributed by atoms with van der Waals surface area (Å²) in [5, 5.41) is 15.6. The van der Waals surface area contributed by atoms with E-state index >= 15 is 0 Å². The Morgan fingerprint density at radius 2 is 1.95 bits per heavy atom. The summed E-state index contributed by atoms with van der Waals surface area (Å²) < 4.78 is 5.63. The smallest absolute Gasteiger partial charge is 0.316 e. The summed E-state index contributed by atoms with van der Waals surface area (Å²) in [5.74, 6) is 0.596. The van der Waals surface area contributed by atoms with Crippen LogP contribution in [0.1, 0.15) is 54.3 Å². The maximum absolute atomic E-state index is 5.63. The van der Waals surface area contributed by atoms with Crippen LogP contribution in [-0.4, -0.2) is 21.7 Å². The van der Waals surface area contributed by atoms with E-state index in [1.54, 1.807) is 11.3 Å². The summed E-state index contributed by atoms with van der Waals surface area (Å²) in [6, 6.07) is 0.609. The maximum Gasteiger partial charge on any atom is 0.316 e. The number of anilines is 1.